The Bertz CT molecular complexity index is 713. The molecule has 4 atom stereocenters. The number of carbonyl (C=O) groups excluding carboxylic acids is 2. The van der Waals surface area contributed by atoms with Gasteiger partial charge in [0.15, 0.2) is 4.11 Å². The van der Waals surface area contributed by atoms with Crippen molar-refractivity contribution < 1.29 is 23.8 Å². The van der Waals surface area contributed by atoms with Gasteiger partial charge in [-0.3, -0.25) is 23.9 Å². The monoisotopic (exact) mass is 438 g/mol. The molecule has 1 aromatic rings. The fraction of sp³-hybridized carbons (Fsp3) is 0.538. The normalized spacial score (nSPS) is 24.9. The molecule has 0 aliphatic carbocycles. The van der Waals surface area contributed by atoms with Gasteiger partial charge in [0.2, 0.25) is 0 Å². The maximum Gasteiger partial charge on any atom is 0.330 e. The predicted molar refractivity (Wildman–Crippen MR) is 85.0 cm³/mol. The van der Waals surface area contributed by atoms with Gasteiger partial charge in [-0.2, -0.15) is 0 Å². The van der Waals surface area contributed by atoms with Crippen LogP contribution in [0.1, 0.15) is 26.5 Å². The van der Waals surface area contributed by atoms with E-state index in [0.717, 1.165) is 0 Å². The SMILES string of the molecule is CC(=O)OC(I)C1OC(n2ccc(=O)[nH]c2=O)CC1OC(C)=O. The minimum Gasteiger partial charge on any atom is -0.459 e. The number of nitrogens with zero attached hydrogens (tertiary/aromatic N) is 1. The number of hydrogen-bond acceptors (Lipinski definition) is 7. The quantitative estimate of drug-likeness (QED) is 0.402. The predicted octanol–water partition coefficient (Wildman–Crippen LogP) is 0.0800. The minimum atomic E-state index is -0.749. The van der Waals surface area contributed by atoms with Gasteiger partial charge in [-0.05, 0) is 22.6 Å². The standard InChI is InChI=1S/C13H15IN2O7/c1-6(17)21-8-5-10(16-4-3-9(19)15-13(16)20)23-11(8)12(14)22-7(2)18/h3-4,8,10-12H,5H2,1-2H3,(H,15,19,20). The molecule has 4 unspecified atom stereocenters. The van der Waals surface area contributed by atoms with Crippen LogP contribution in [0.2, 0.25) is 0 Å². The van der Waals surface area contributed by atoms with E-state index in [1.807, 2.05) is 22.6 Å². The van der Waals surface area contributed by atoms with Gasteiger partial charge in [-0.25, -0.2) is 4.79 Å². The van der Waals surface area contributed by atoms with Crippen LogP contribution in [0.15, 0.2) is 21.9 Å². The highest BCUT2D eigenvalue weighted by Gasteiger charge is 2.43. The summed E-state index contributed by atoms with van der Waals surface area (Å²) < 4.78 is 16.5. The summed E-state index contributed by atoms with van der Waals surface area (Å²) in [6.45, 7) is 2.51. The minimum absolute atomic E-state index is 0.191. The summed E-state index contributed by atoms with van der Waals surface area (Å²) in [6, 6.07) is 1.19. The maximum absolute atomic E-state index is 11.8. The Hall–Kier alpha value is -1.69. The summed E-state index contributed by atoms with van der Waals surface area (Å²) >= 11 is 1.86. The Morgan fingerprint density at radius 1 is 1.39 bits per heavy atom. The van der Waals surface area contributed by atoms with E-state index < -0.39 is 45.7 Å². The first-order valence-corrected chi connectivity index (χ1v) is 7.98. The van der Waals surface area contributed by atoms with Gasteiger partial charge in [0.1, 0.15) is 18.4 Å². The van der Waals surface area contributed by atoms with Crippen LogP contribution in [0.25, 0.3) is 0 Å². The number of nitrogens with one attached hydrogen (secondary N) is 1. The van der Waals surface area contributed by atoms with Gasteiger partial charge in [-0.1, -0.05) is 0 Å². The number of halogens is 1. The first-order chi connectivity index (χ1) is 10.8. The van der Waals surface area contributed by atoms with Crippen LogP contribution < -0.4 is 11.2 Å². The van der Waals surface area contributed by atoms with Gasteiger partial charge < -0.3 is 14.2 Å². The van der Waals surface area contributed by atoms with Gasteiger partial charge in [0.25, 0.3) is 5.56 Å². The molecule has 0 saturated carbocycles. The Morgan fingerprint density at radius 2 is 2.09 bits per heavy atom. The summed E-state index contributed by atoms with van der Waals surface area (Å²) in [5.74, 6) is -1.01. The molecule has 0 spiro atoms. The van der Waals surface area contributed by atoms with Crippen LogP contribution in [0.3, 0.4) is 0 Å². The third-order valence-corrected chi connectivity index (χ3v) is 4.09. The molecule has 23 heavy (non-hydrogen) atoms. The van der Waals surface area contributed by atoms with Crippen LogP contribution in [-0.2, 0) is 23.8 Å². The summed E-state index contributed by atoms with van der Waals surface area (Å²) in [5.41, 5.74) is -1.16. The Kier molecular flexibility index (Phi) is 5.57. The van der Waals surface area contributed by atoms with Crippen molar-refractivity contribution in [2.24, 2.45) is 0 Å². The van der Waals surface area contributed by atoms with Crippen LogP contribution in [-0.4, -0.2) is 37.8 Å². The van der Waals surface area contributed by atoms with Gasteiger partial charge in [-0.15, -0.1) is 0 Å². The molecular formula is C13H15IN2O7. The van der Waals surface area contributed by atoms with Crippen molar-refractivity contribution in [1.82, 2.24) is 9.55 Å². The molecule has 9 nitrogen and oxygen atoms in total. The molecule has 0 radical (unpaired) electrons. The molecule has 0 bridgehead atoms. The zero-order valence-corrected chi connectivity index (χ0v) is 14.5. The van der Waals surface area contributed by atoms with Crippen LogP contribution in [0.4, 0.5) is 0 Å². The highest BCUT2D eigenvalue weighted by molar-refractivity contribution is 14.1. The van der Waals surface area contributed by atoms with E-state index in [2.05, 4.69) is 4.98 Å². The lowest BCUT2D eigenvalue weighted by Gasteiger charge is -2.22. The lowest BCUT2D eigenvalue weighted by Crippen LogP contribution is -2.36. The lowest BCUT2D eigenvalue weighted by molar-refractivity contribution is -0.156. The molecule has 0 aromatic carbocycles. The van der Waals surface area contributed by atoms with Gasteiger partial charge >= 0.3 is 17.6 Å². The van der Waals surface area contributed by atoms with E-state index in [1.165, 1.54) is 30.7 Å². The summed E-state index contributed by atoms with van der Waals surface area (Å²) in [6.07, 6.45) is -0.671. The number of esters is 2. The third kappa shape index (κ3) is 4.41. The molecule has 2 rings (SSSR count). The Morgan fingerprint density at radius 3 is 2.65 bits per heavy atom. The second-order valence-electron chi connectivity index (χ2n) is 4.92. The molecule has 1 saturated heterocycles. The Labute approximate surface area is 144 Å². The van der Waals surface area contributed by atoms with Crippen LogP contribution in [0, 0.1) is 0 Å². The number of carbonyl (C=O) groups is 2. The first kappa shape index (κ1) is 17.7. The third-order valence-electron chi connectivity index (χ3n) is 3.13. The molecule has 1 aliphatic heterocycles. The molecular weight excluding hydrogens is 423 g/mol. The van der Waals surface area contributed by atoms with Crippen LogP contribution in [0.5, 0.6) is 0 Å². The van der Waals surface area contributed by atoms with Crippen molar-refractivity contribution in [1.29, 1.82) is 0 Å². The van der Waals surface area contributed by atoms with Crippen LogP contribution >= 0.6 is 22.6 Å². The smallest absolute Gasteiger partial charge is 0.330 e. The van der Waals surface area contributed by atoms with Crippen molar-refractivity contribution in [2.75, 3.05) is 0 Å². The van der Waals surface area contributed by atoms with E-state index in [1.54, 1.807) is 0 Å². The highest BCUT2D eigenvalue weighted by atomic mass is 127. The average Bonchev–Trinajstić information content (AvgIpc) is 2.80. The van der Waals surface area contributed by atoms with Gasteiger partial charge in [0.05, 0.1) is 0 Å². The number of aromatic amines is 1. The Balaban J connectivity index is 2.24. The summed E-state index contributed by atoms with van der Waals surface area (Å²) in [7, 11) is 0. The van der Waals surface area contributed by atoms with E-state index in [9.17, 15) is 19.2 Å². The second-order valence-corrected chi connectivity index (χ2v) is 6.14. The van der Waals surface area contributed by atoms with Crippen molar-refractivity contribution in [2.45, 2.75) is 42.8 Å². The number of rotatable bonds is 4. The summed E-state index contributed by atoms with van der Waals surface area (Å²) in [4.78, 5) is 47.4. The number of hydrogen-bond donors (Lipinski definition) is 1. The highest BCUT2D eigenvalue weighted by Crippen LogP contribution is 2.34. The molecule has 126 valence electrons. The number of alkyl halides is 1. The lowest BCUT2D eigenvalue weighted by atomic mass is 10.2. The number of H-pyrrole nitrogens is 1. The second kappa shape index (κ2) is 7.25. The fourth-order valence-corrected chi connectivity index (χ4v) is 3.27. The van der Waals surface area contributed by atoms with Gasteiger partial charge in [0, 0.05) is 32.5 Å². The van der Waals surface area contributed by atoms with Crippen molar-refractivity contribution in [3.63, 3.8) is 0 Å². The van der Waals surface area contributed by atoms with Crippen molar-refractivity contribution in [3.05, 3.63) is 33.1 Å². The molecule has 1 aromatic heterocycles. The molecule has 10 heteroatoms. The van der Waals surface area contributed by atoms with Crippen molar-refractivity contribution in [3.8, 4) is 0 Å². The van der Waals surface area contributed by atoms with E-state index in [-0.39, 0.29) is 6.42 Å². The molecule has 1 fully saturated rings. The molecule has 2 heterocycles. The van der Waals surface area contributed by atoms with Crippen molar-refractivity contribution >= 4 is 34.5 Å². The van der Waals surface area contributed by atoms with E-state index in [0.29, 0.717) is 0 Å². The van der Waals surface area contributed by atoms with E-state index in [4.69, 9.17) is 14.2 Å². The molecule has 0 amide bonds. The number of ether oxygens (including phenoxy) is 3. The zero-order valence-electron chi connectivity index (χ0n) is 12.4. The first-order valence-electron chi connectivity index (χ1n) is 6.73. The molecule has 1 N–H and O–H groups in total. The number of aromatic nitrogens is 2. The largest absolute Gasteiger partial charge is 0.459 e. The van der Waals surface area contributed by atoms with E-state index >= 15 is 0 Å². The molecule has 1 aliphatic rings. The average molecular weight is 438 g/mol. The zero-order chi connectivity index (χ0) is 17.1. The maximum atomic E-state index is 11.8. The topological polar surface area (TPSA) is 117 Å². The fourth-order valence-electron chi connectivity index (χ4n) is 2.28. The summed E-state index contributed by atoms with van der Waals surface area (Å²) in [5, 5.41) is 0.